The molecule has 9 heteroatoms. The van der Waals surface area contributed by atoms with Gasteiger partial charge < -0.3 is 25.2 Å². The molecule has 200 valence electrons. The minimum Gasteiger partial charge on any atom is -0.378 e. The van der Waals surface area contributed by atoms with Crippen molar-refractivity contribution in [2.24, 2.45) is 0 Å². The van der Waals surface area contributed by atoms with E-state index in [2.05, 4.69) is 37.6 Å². The number of anilines is 3. The number of aromatic nitrogens is 3. The second-order valence-electron chi connectivity index (χ2n) is 9.95. The van der Waals surface area contributed by atoms with Gasteiger partial charge in [0.25, 0.3) is 5.91 Å². The number of para-hydroxylation sites is 1. The molecule has 0 saturated carbocycles. The largest absolute Gasteiger partial charge is 0.378 e. The molecule has 0 unspecified atom stereocenters. The number of nitrogens with zero attached hydrogens (tertiary/aromatic N) is 5. The summed E-state index contributed by atoms with van der Waals surface area (Å²) in [6.07, 6.45) is 6.33. The molecule has 0 atom stereocenters. The van der Waals surface area contributed by atoms with E-state index in [1.807, 2.05) is 59.8 Å². The number of likely N-dealkylation sites (tertiary alicyclic amines) is 1. The first kappa shape index (κ1) is 25.2. The van der Waals surface area contributed by atoms with E-state index in [0.717, 1.165) is 46.6 Å². The topological polar surface area (TPSA) is 95.5 Å². The second-order valence-corrected chi connectivity index (χ2v) is 9.95. The van der Waals surface area contributed by atoms with Crippen molar-refractivity contribution in [3.63, 3.8) is 0 Å². The van der Waals surface area contributed by atoms with Crippen LogP contribution < -0.4 is 10.6 Å². The number of pyridine rings is 1. The average molecular weight is 524 g/mol. The predicted molar refractivity (Wildman–Crippen MR) is 153 cm³/mol. The van der Waals surface area contributed by atoms with Gasteiger partial charge in [-0.1, -0.05) is 18.2 Å². The van der Waals surface area contributed by atoms with Crippen molar-refractivity contribution in [2.75, 3.05) is 63.1 Å². The SMILES string of the molecule is O=C(c1ccc(Nc2ncc3cccc(-c4ccc(NCCN5CCCC5)nc4)c3n2)cc1)N1CCOCC1. The van der Waals surface area contributed by atoms with E-state index < -0.39 is 0 Å². The Labute approximate surface area is 228 Å². The summed E-state index contributed by atoms with van der Waals surface area (Å²) in [7, 11) is 0. The molecule has 2 aromatic carbocycles. The number of hydrogen-bond donors (Lipinski definition) is 2. The molecule has 2 fully saturated rings. The highest BCUT2D eigenvalue weighted by Gasteiger charge is 2.18. The molecule has 0 bridgehead atoms. The Bertz CT molecular complexity index is 1410. The van der Waals surface area contributed by atoms with Crippen LogP contribution in [-0.4, -0.2) is 83.1 Å². The van der Waals surface area contributed by atoms with E-state index in [1.54, 1.807) is 0 Å². The third-order valence-electron chi connectivity index (χ3n) is 7.30. The summed E-state index contributed by atoms with van der Waals surface area (Å²) in [6, 6.07) is 17.6. The van der Waals surface area contributed by atoms with Gasteiger partial charge in [-0.05, 0) is 62.3 Å². The van der Waals surface area contributed by atoms with Crippen molar-refractivity contribution >= 4 is 34.3 Å². The van der Waals surface area contributed by atoms with Gasteiger partial charge in [-0.25, -0.2) is 15.0 Å². The lowest BCUT2D eigenvalue weighted by Gasteiger charge is -2.26. The maximum atomic E-state index is 12.7. The molecule has 9 nitrogen and oxygen atoms in total. The number of nitrogens with one attached hydrogen (secondary N) is 2. The first-order chi connectivity index (χ1) is 19.2. The Kier molecular flexibility index (Phi) is 7.60. The zero-order valence-corrected chi connectivity index (χ0v) is 22.0. The van der Waals surface area contributed by atoms with Crippen LogP contribution in [0.25, 0.3) is 22.0 Å². The standard InChI is InChI=1S/C30H33N7O2/c38-29(37-16-18-39-19-17-37)22-6-9-25(10-7-22)34-30-33-21-24-4-3-5-26(28(24)35-30)23-8-11-27(32-20-23)31-12-15-36-13-1-2-14-36/h3-11,20-21H,1-2,12-19H2,(H,31,32)(H,33,34,35). The summed E-state index contributed by atoms with van der Waals surface area (Å²) in [5.41, 5.74) is 4.33. The van der Waals surface area contributed by atoms with E-state index in [4.69, 9.17) is 9.72 Å². The first-order valence-corrected chi connectivity index (χ1v) is 13.7. The van der Waals surface area contributed by atoms with Crippen LogP contribution in [0.1, 0.15) is 23.2 Å². The highest BCUT2D eigenvalue weighted by Crippen LogP contribution is 2.28. The van der Waals surface area contributed by atoms with Crippen molar-refractivity contribution in [3.8, 4) is 11.1 Å². The fourth-order valence-electron chi connectivity index (χ4n) is 5.13. The number of benzene rings is 2. The molecular formula is C30H33N7O2. The fraction of sp³-hybridized carbons (Fsp3) is 0.333. The van der Waals surface area contributed by atoms with Crippen molar-refractivity contribution in [3.05, 3.63) is 72.6 Å². The molecule has 0 aliphatic carbocycles. The molecular weight excluding hydrogens is 490 g/mol. The molecule has 2 aliphatic rings. The Morgan fingerprint density at radius 2 is 1.72 bits per heavy atom. The van der Waals surface area contributed by atoms with Gasteiger partial charge in [0.1, 0.15) is 5.82 Å². The number of hydrogen-bond acceptors (Lipinski definition) is 8. The van der Waals surface area contributed by atoms with Crippen LogP contribution >= 0.6 is 0 Å². The molecule has 1 amide bonds. The molecule has 2 aromatic heterocycles. The smallest absolute Gasteiger partial charge is 0.254 e. The van der Waals surface area contributed by atoms with Crippen LogP contribution in [0.5, 0.6) is 0 Å². The second kappa shape index (κ2) is 11.8. The quantitative estimate of drug-likeness (QED) is 0.351. The van der Waals surface area contributed by atoms with Gasteiger partial charge in [-0.2, -0.15) is 0 Å². The third-order valence-corrected chi connectivity index (χ3v) is 7.30. The van der Waals surface area contributed by atoms with Gasteiger partial charge in [-0.15, -0.1) is 0 Å². The molecule has 4 heterocycles. The first-order valence-electron chi connectivity index (χ1n) is 13.7. The highest BCUT2D eigenvalue weighted by molar-refractivity contribution is 5.95. The van der Waals surface area contributed by atoms with Crippen LogP contribution in [0.15, 0.2) is 67.0 Å². The minimum absolute atomic E-state index is 0.0258. The van der Waals surface area contributed by atoms with Gasteiger partial charge in [0.2, 0.25) is 5.95 Å². The summed E-state index contributed by atoms with van der Waals surface area (Å²) in [6.45, 7) is 6.77. The maximum Gasteiger partial charge on any atom is 0.254 e. The summed E-state index contributed by atoms with van der Waals surface area (Å²) in [5, 5.41) is 7.67. The van der Waals surface area contributed by atoms with E-state index in [9.17, 15) is 4.79 Å². The van der Waals surface area contributed by atoms with Gasteiger partial charge in [-0.3, -0.25) is 4.79 Å². The van der Waals surface area contributed by atoms with Crippen molar-refractivity contribution < 1.29 is 9.53 Å². The number of carbonyl (C=O) groups is 1. The Morgan fingerprint density at radius 1 is 0.897 bits per heavy atom. The lowest BCUT2D eigenvalue weighted by Crippen LogP contribution is -2.40. The molecule has 0 spiro atoms. The van der Waals surface area contributed by atoms with Crippen molar-refractivity contribution in [1.82, 2.24) is 24.8 Å². The van der Waals surface area contributed by atoms with Crippen LogP contribution in [0.2, 0.25) is 0 Å². The third kappa shape index (κ3) is 6.00. The number of fused-ring (bicyclic) bond motifs is 1. The number of amides is 1. The summed E-state index contributed by atoms with van der Waals surface area (Å²) >= 11 is 0. The van der Waals surface area contributed by atoms with E-state index >= 15 is 0 Å². The van der Waals surface area contributed by atoms with Gasteiger partial charge >= 0.3 is 0 Å². The molecule has 39 heavy (non-hydrogen) atoms. The van der Waals surface area contributed by atoms with Crippen molar-refractivity contribution in [1.29, 1.82) is 0 Å². The minimum atomic E-state index is 0.0258. The van der Waals surface area contributed by atoms with Gasteiger partial charge in [0.15, 0.2) is 0 Å². The molecule has 2 N–H and O–H groups in total. The Hall–Kier alpha value is -4.08. The van der Waals surface area contributed by atoms with E-state index in [1.165, 1.54) is 25.9 Å². The van der Waals surface area contributed by atoms with Gasteiger partial charge in [0, 0.05) is 66.3 Å². The lowest BCUT2D eigenvalue weighted by atomic mass is 10.0. The number of ether oxygens (including phenoxy) is 1. The van der Waals surface area contributed by atoms with Gasteiger partial charge in [0.05, 0.1) is 18.7 Å². The summed E-state index contributed by atoms with van der Waals surface area (Å²) < 4.78 is 5.35. The molecule has 0 radical (unpaired) electrons. The van der Waals surface area contributed by atoms with Crippen LogP contribution in [0.3, 0.4) is 0 Å². The maximum absolute atomic E-state index is 12.7. The molecule has 2 saturated heterocycles. The molecule has 2 aliphatic heterocycles. The van der Waals surface area contributed by atoms with Crippen LogP contribution in [-0.2, 0) is 4.74 Å². The van der Waals surface area contributed by atoms with Crippen LogP contribution in [0, 0.1) is 0 Å². The van der Waals surface area contributed by atoms with Crippen LogP contribution in [0.4, 0.5) is 17.5 Å². The van der Waals surface area contributed by atoms with Crippen molar-refractivity contribution in [2.45, 2.75) is 12.8 Å². The Balaban J connectivity index is 1.14. The highest BCUT2D eigenvalue weighted by atomic mass is 16.5. The normalized spacial score (nSPS) is 15.9. The molecule has 6 rings (SSSR count). The number of morpholine rings is 1. The Morgan fingerprint density at radius 3 is 2.49 bits per heavy atom. The van der Waals surface area contributed by atoms with E-state index in [0.29, 0.717) is 37.8 Å². The fourth-order valence-corrected chi connectivity index (χ4v) is 5.13. The predicted octanol–water partition coefficient (Wildman–Crippen LogP) is 4.42. The average Bonchev–Trinajstić information content (AvgIpc) is 3.51. The monoisotopic (exact) mass is 523 g/mol. The van der Waals surface area contributed by atoms with E-state index in [-0.39, 0.29) is 5.91 Å². The number of carbonyl (C=O) groups excluding carboxylic acids is 1. The molecule has 4 aromatic rings. The number of rotatable bonds is 8. The summed E-state index contributed by atoms with van der Waals surface area (Å²) in [4.78, 5) is 31.0. The summed E-state index contributed by atoms with van der Waals surface area (Å²) in [5.74, 6) is 1.40. The lowest BCUT2D eigenvalue weighted by molar-refractivity contribution is 0.0303. The zero-order valence-electron chi connectivity index (χ0n) is 22.0. The zero-order chi connectivity index (χ0) is 26.4.